The van der Waals surface area contributed by atoms with Crippen molar-refractivity contribution in [2.45, 2.75) is 25.3 Å². The van der Waals surface area contributed by atoms with Gasteiger partial charge in [0.25, 0.3) is 0 Å². The number of para-hydroxylation sites is 1. The molecule has 0 radical (unpaired) electrons. The van der Waals surface area contributed by atoms with Gasteiger partial charge in [-0.3, -0.25) is 4.79 Å². The van der Waals surface area contributed by atoms with E-state index < -0.39 is 5.54 Å². The first-order valence-corrected chi connectivity index (χ1v) is 6.34. The molecule has 0 fully saturated rings. The average molecular weight is 241 g/mol. The molecule has 94 valence electrons. The zero-order chi connectivity index (χ0) is 13.2. The van der Waals surface area contributed by atoms with E-state index in [2.05, 4.69) is 25.0 Å². The molecule has 2 heteroatoms. The molecular formula is C16H19NO. The van der Waals surface area contributed by atoms with Gasteiger partial charge in [0, 0.05) is 17.8 Å². The fraction of sp³-hybridized carbons (Fsp3) is 0.312. The SMILES string of the molecule is C=CCC1(CC=C)C(=O)c2ccccc2N1CC. The van der Waals surface area contributed by atoms with E-state index in [1.165, 1.54) is 0 Å². The van der Waals surface area contributed by atoms with Crippen LogP contribution in [0.2, 0.25) is 0 Å². The summed E-state index contributed by atoms with van der Waals surface area (Å²) >= 11 is 0. The fourth-order valence-electron chi connectivity index (χ4n) is 2.94. The van der Waals surface area contributed by atoms with E-state index in [0.717, 1.165) is 17.8 Å². The minimum atomic E-state index is -0.512. The first-order valence-electron chi connectivity index (χ1n) is 6.34. The van der Waals surface area contributed by atoms with Crippen molar-refractivity contribution in [3.8, 4) is 0 Å². The summed E-state index contributed by atoms with van der Waals surface area (Å²) in [5, 5.41) is 0. The minimum absolute atomic E-state index is 0.194. The highest BCUT2D eigenvalue weighted by Crippen LogP contribution is 2.42. The maximum Gasteiger partial charge on any atom is 0.191 e. The molecule has 0 bridgehead atoms. The molecule has 2 rings (SSSR count). The summed E-state index contributed by atoms with van der Waals surface area (Å²) in [4.78, 5) is 14.9. The van der Waals surface area contributed by atoms with Crippen LogP contribution in [0.4, 0.5) is 5.69 Å². The van der Waals surface area contributed by atoms with Crippen molar-refractivity contribution >= 4 is 11.5 Å². The van der Waals surface area contributed by atoms with Crippen molar-refractivity contribution < 1.29 is 4.79 Å². The molecule has 0 amide bonds. The van der Waals surface area contributed by atoms with Gasteiger partial charge in [-0.25, -0.2) is 0 Å². The maximum absolute atomic E-state index is 12.7. The summed E-state index contributed by atoms with van der Waals surface area (Å²) in [7, 11) is 0. The molecule has 0 N–H and O–H groups in total. The highest BCUT2D eigenvalue weighted by atomic mass is 16.1. The third kappa shape index (κ3) is 1.60. The summed E-state index contributed by atoms with van der Waals surface area (Å²) in [5.41, 5.74) is 1.35. The molecule has 2 nitrogen and oxygen atoms in total. The van der Waals surface area contributed by atoms with E-state index >= 15 is 0 Å². The van der Waals surface area contributed by atoms with Gasteiger partial charge in [0.05, 0.1) is 0 Å². The van der Waals surface area contributed by atoms with Crippen LogP contribution >= 0.6 is 0 Å². The number of hydrogen-bond acceptors (Lipinski definition) is 2. The molecule has 1 aromatic carbocycles. The van der Waals surface area contributed by atoms with Crippen LogP contribution in [0.1, 0.15) is 30.1 Å². The van der Waals surface area contributed by atoms with Crippen LogP contribution in [-0.2, 0) is 0 Å². The second-order valence-corrected chi connectivity index (χ2v) is 4.61. The first kappa shape index (κ1) is 12.6. The van der Waals surface area contributed by atoms with E-state index in [4.69, 9.17) is 0 Å². The lowest BCUT2D eigenvalue weighted by atomic mass is 9.85. The van der Waals surface area contributed by atoms with Gasteiger partial charge in [-0.15, -0.1) is 13.2 Å². The van der Waals surface area contributed by atoms with E-state index in [1.54, 1.807) is 0 Å². The Morgan fingerprint density at radius 2 is 1.83 bits per heavy atom. The molecule has 0 spiro atoms. The van der Waals surface area contributed by atoms with E-state index in [-0.39, 0.29) is 5.78 Å². The molecular weight excluding hydrogens is 222 g/mol. The van der Waals surface area contributed by atoms with Crippen molar-refractivity contribution in [1.82, 2.24) is 0 Å². The highest BCUT2D eigenvalue weighted by Gasteiger charge is 2.48. The standard InChI is InChI=1S/C16H19NO/c1-4-11-16(12-5-2)15(18)13-9-7-8-10-14(13)17(16)6-3/h4-5,7-10H,1-2,6,11-12H2,3H3. The topological polar surface area (TPSA) is 20.3 Å². The van der Waals surface area contributed by atoms with Crippen molar-refractivity contribution in [3.05, 3.63) is 55.1 Å². The maximum atomic E-state index is 12.7. The molecule has 0 unspecified atom stereocenters. The number of hydrogen-bond donors (Lipinski definition) is 0. The number of likely N-dealkylation sites (N-methyl/N-ethyl adjacent to an activating group) is 1. The number of ketones is 1. The molecule has 0 aliphatic carbocycles. The Kier molecular flexibility index (Phi) is 3.37. The van der Waals surface area contributed by atoms with Gasteiger partial charge in [0.2, 0.25) is 0 Å². The van der Waals surface area contributed by atoms with Crippen LogP contribution in [0.5, 0.6) is 0 Å². The zero-order valence-corrected chi connectivity index (χ0v) is 10.9. The van der Waals surface area contributed by atoms with Gasteiger partial charge in [-0.1, -0.05) is 24.3 Å². The van der Waals surface area contributed by atoms with Crippen LogP contribution in [-0.4, -0.2) is 17.9 Å². The summed E-state index contributed by atoms with van der Waals surface area (Å²) in [6, 6.07) is 7.83. The summed E-state index contributed by atoms with van der Waals surface area (Å²) < 4.78 is 0. The summed E-state index contributed by atoms with van der Waals surface area (Å²) in [6.45, 7) is 10.5. The van der Waals surface area contributed by atoms with Crippen molar-refractivity contribution in [2.75, 3.05) is 11.4 Å². The van der Waals surface area contributed by atoms with Crippen molar-refractivity contribution in [2.24, 2.45) is 0 Å². The van der Waals surface area contributed by atoms with Gasteiger partial charge < -0.3 is 4.90 Å². The van der Waals surface area contributed by atoms with E-state index in [9.17, 15) is 4.79 Å². The van der Waals surface area contributed by atoms with Crippen molar-refractivity contribution in [1.29, 1.82) is 0 Å². The molecule has 0 atom stereocenters. The second-order valence-electron chi connectivity index (χ2n) is 4.61. The molecule has 1 heterocycles. The van der Waals surface area contributed by atoms with Crippen LogP contribution in [0, 0.1) is 0 Å². The molecule has 0 saturated carbocycles. The van der Waals surface area contributed by atoms with Gasteiger partial charge in [-0.2, -0.15) is 0 Å². The van der Waals surface area contributed by atoms with Gasteiger partial charge in [0.15, 0.2) is 5.78 Å². The molecule has 1 aliphatic heterocycles. The Hall–Kier alpha value is -1.83. The van der Waals surface area contributed by atoms with Gasteiger partial charge in [0.1, 0.15) is 5.54 Å². The number of anilines is 1. The quantitative estimate of drug-likeness (QED) is 0.734. The fourth-order valence-corrected chi connectivity index (χ4v) is 2.94. The first-order chi connectivity index (χ1) is 8.71. The zero-order valence-electron chi connectivity index (χ0n) is 10.9. The third-order valence-corrected chi connectivity index (χ3v) is 3.66. The molecule has 0 aromatic heterocycles. The summed E-state index contributed by atoms with van der Waals surface area (Å²) in [6.07, 6.45) is 4.96. The predicted octanol–water partition coefficient (Wildman–Crippen LogP) is 3.60. The predicted molar refractivity (Wildman–Crippen MR) is 76.2 cm³/mol. The number of carbonyl (C=O) groups is 1. The lowest BCUT2D eigenvalue weighted by Gasteiger charge is -2.37. The Bertz CT molecular complexity index is 480. The average Bonchev–Trinajstić information content (AvgIpc) is 2.61. The summed E-state index contributed by atoms with van der Waals surface area (Å²) in [5.74, 6) is 0.194. The number of carbonyl (C=O) groups excluding carboxylic acids is 1. The Labute approximate surface area is 109 Å². The van der Waals surface area contributed by atoms with Crippen LogP contribution in [0.25, 0.3) is 0 Å². The van der Waals surface area contributed by atoms with Crippen LogP contribution in [0.3, 0.4) is 0 Å². The van der Waals surface area contributed by atoms with E-state index in [0.29, 0.717) is 12.8 Å². The monoisotopic (exact) mass is 241 g/mol. The molecule has 0 saturated heterocycles. The Morgan fingerprint density at radius 1 is 1.22 bits per heavy atom. The van der Waals surface area contributed by atoms with Crippen LogP contribution < -0.4 is 4.90 Å². The molecule has 1 aromatic rings. The minimum Gasteiger partial charge on any atom is -0.358 e. The second kappa shape index (κ2) is 4.81. The number of Topliss-reactive ketones (excluding diaryl/α,β-unsaturated/α-hetero) is 1. The van der Waals surface area contributed by atoms with Gasteiger partial charge in [-0.05, 0) is 31.9 Å². The third-order valence-electron chi connectivity index (χ3n) is 3.66. The number of benzene rings is 1. The largest absolute Gasteiger partial charge is 0.358 e. The lowest BCUT2D eigenvalue weighted by molar-refractivity contribution is 0.0902. The highest BCUT2D eigenvalue weighted by molar-refractivity contribution is 6.14. The number of rotatable bonds is 5. The molecule has 1 aliphatic rings. The van der Waals surface area contributed by atoms with E-state index in [1.807, 2.05) is 36.4 Å². The number of nitrogens with zero attached hydrogens (tertiary/aromatic N) is 1. The smallest absolute Gasteiger partial charge is 0.191 e. The van der Waals surface area contributed by atoms with Crippen LogP contribution in [0.15, 0.2) is 49.6 Å². The lowest BCUT2D eigenvalue weighted by Crippen LogP contribution is -2.49. The van der Waals surface area contributed by atoms with Gasteiger partial charge >= 0.3 is 0 Å². The van der Waals surface area contributed by atoms with Crippen molar-refractivity contribution in [3.63, 3.8) is 0 Å². The number of fused-ring (bicyclic) bond motifs is 1. The normalized spacial score (nSPS) is 16.5. The Morgan fingerprint density at radius 3 is 2.39 bits per heavy atom. The molecule has 18 heavy (non-hydrogen) atoms. The Balaban J connectivity index is 2.58.